The summed E-state index contributed by atoms with van der Waals surface area (Å²) >= 11 is 6.17. The molecular formula is C21H17ClN4O4. The molecule has 30 heavy (non-hydrogen) atoms. The van der Waals surface area contributed by atoms with Crippen LogP contribution in [0.5, 0.6) is 5.75 Å². The highest BCUT2D eigenvalue weighted by molar-refractivity contribution is 6.33. The summed E-state index contributed by atoms with van der Waals surface area (Å²) in [5, 5.41) is 12.8. The van der Waals surface area contributed by atoms with Gasteiger partial charge in [-0.3, -0.25) is 0 Å². The largest absolute Gasteiger partial charge is 0.480 e. The summed E-state index contributed by atoms with van der Waals surface area (Å²) in [5.41, 5.74) is 1.46. The number of benzene rings is 2. The van der Waals surface area contributed by atoms with Crippen LogP contribution in [0.1, 0.15) is 23.3 Å². The van der Waals surface area contributed by atoms with Crippen LogP contribution in [0, 0.1) is 0 Å². The predicted molar refractivity (Wildman–Crippen MR) is 109 cm³/mol. The number of hydrogen-bond donors (Lipinski definition) is 0. The SMILES string of the molecule is CCOC(=O)c1nn(-c2ccccc2)cc1OCc1nnc(-c2ccccc2Cl)o1. The molecule has 0 saturated heterocycles. The first-order valence-electron chi connectivity index (χ1n) is 9.18. The molecule has 0 radical (unpaired) electrons. The summed E-state index contributed by atoms with van der Waals surface area (Å²) in [5.74, 6) is 0.177. The van der Waals surface area contributed by atoms with Crippen molar-refractivity contribution in [2.45, 2.75) is 13.5 Å². The van der Waals surface area contributed by atoms with Crippen molar-refractivity contribution in [3.05, 3.63) is 77.4 Å². The molecule has 2 aromatic heterocycles. The summed E-state index contributed by atoms with van der Waals surface area (Å²) in [6.45, 7) is 1.90. The van der Waals surface area contributed by atoms with E-state index in [2.05, 4.69) is 15.3 Å². The van der Waals surface area contributed by atoms with E-state index in [0.29, 0.717) is 10.6 Å². The van der Waals surface area contributed by atoms with E-state index in [1.54, 1.807) is 29.9 Å². The molecule has 0 aliphatic rings. The van der Waals surface area contributed by atoms with Crippen molar-refractivity contribution in [3.8, 4) is 22.9 Å². The number of aromatic nitrogens is 4. The first-order chi connectivity index (χ1) is 14.7. The van der Waals surface area contributed by atoms with E-state index in [9.17, 15) is 4.79 Å². The van der Waals surface area contributed by atoms with E-state index in [4.69, 9.17) is 25.5 Å². The topological polar surface area (TPSA) is 92.3 Å². The molecule has 0 amide bonds. The highest BCUT2D eigenvalue weighted by Gasteiger charge is 2.21. The van der Waals surface area contributed by atoms with Crippen LogP contribution >= 0.6 is 11.6 Å². The average Bonchev–Trinajstić information content (AvgIpc) is 3.41. The molecule has 0 fully saturated rings. The predicted octanol–water partition coefficient (Wildman–Crippen LogP) is 4.33. The number of esters is 1. The summed E-state index contributed by atoms with van der Waals surface area (Å²) in [6.07, 6.45) is 1.60. The Balaban J connectivity index is 1.56. The Hall–Kier alpha value is -3.65. The van der Waals surface area contributed by atoms with E-state index in [-0.39, 0.29) is 36.4 Å². The Morgan fingerprint density at radius 1 is 1.10 bits per heavy atom. The summed E-state index contributed by atoms with van der Waals surface area (Å²) in [4.78, 5) is 12.3. The Labute approximate surface area is 177 Å². The van der Waals surface area contributed by atoms with Crippen LogP contribution in [-0.2, 0) is 11.3 Å². The molecule has 0 aliphatic heterocycles. The molecular weight excluding hydrogens is 408 g/mol. The monoisotopic (exact) mass is 424 g/mol. The van der Waals surface area contributed by atoms with Gasteiger partial charge >= 0.3 is 5.97 Å². The van der Waals surface area contributed by atoms with E-state index in [0.717, 1.165) is 5.69 Å². The third-order valence-electron chi connectivity index (χ3n) is 4.09. The lowest BCUT2D eigenvalue weighted by molar-refractivity contribution is 0.0513. The van der Waals surface area contributed by atoms with Crippen LogP contribution in [0.25, 0.3) is 17.1 Å². The number of carbonyl (C=O) groups is 1. The van der Waals surface area contributed by atoms with Crippen LogP contribution < -0.4 is 4.74 Å². The van der Waals surface area contributed by atoms with Crippen molar-refractivity contribution in [3.63, 3.8) is 0 Å². The Morgan fingerprint density at radius 2 is 1.87 bits per heavy atom. The minimum atomic E-state index is -0.579. The van der Waals surface area contributed by atoms with Gasteiger partial charge in [0, 0.05) is 0 Å². The van der Waals surface area contributed by atoms with Crippen LogP contribution in [0.15, 0.2) is 65.2 Å². The number of hydrogen-bond acceptors (Lipinski definition) is 7. The Morgan fingerprint density at radius 3 is 2.63 bits per heavy atom. The average molecular weight is 425 g/mol. The minimum absolute atomic E-state index is 0.0512. The maximum Gasteiger partial charge on any atom is 0.362 e. The van der Waals surface area contributed by atoms with E-state index in [1.165, 1.54) is 0 Å². The van der Waals surface area contributed by atoms with Crippen LogP contribution in [0.4, 0.5) is 0 Å². The second-order valence-electron chi connectivity index (χ2n) is 6.11. The fourth-order valence-corrected chi connectivity index (χ4v) is 2.93. The molecule has 0 atom stereocenters. The second kappa shape index (κ2) is 8.79. The fraction of sp³-hybridized carbons (Fsp3) is 0.143. The van der Waals surface area contributed by atoms with Crippen molar-refractivity contribution >= 4 is 17.6 Å². The van der Waals surface area contributed by atoms with E-state index < -0.39 is 5.97 Å². The molecule has 0 aliphatic carbocycles. The van der Waals surface area contributed by atoms with Crippen LogP contribution in [0.2, 0.25) is 5.02 Å². The third-order valence-corrected chi connectivity index (χ3v) is 4.42. The van der Waals surface area contributed by atoms with Gasteiger partial charge in [0.15, 0.2) is 12.4 Å². The molecule has 4 rings (SSSR count). The normalized spacial score (nSPS) is 10.7. The number of halogens is 1. The molecule has 9 heteroatoms. The Kier molecular flexibility index (Phi) is 5.76. The van der Waals surface area contributed by atoms with Gasteiger partial charge in [-0.1, -0.05) is 41.9 Å². The molecule has 0 bridgehead atoms. The van der Waals surface area contributed by atoms with E-state index in [1.807, 2.05) is 42.5 Å². The summed E-state index contributed by atoms with van der Waals surface area (Å²) in [6, 6.07) is 16.5. The van der Waals surface area contributed by atoms with Gasteiger partial charge in [-0.15, -0.1) is 10.2 Å². The zero-order chi connectivity index (χ0) is 20.9. The van der Waals surface area contributed by atoms with Crippen LogP contribution in [-0.4, -0.2) is 32.6 Å². The minimum Gasteiger partial charge on any atom is -0.480 e. The molecule has 8 nitrogen and oxygen atoms in total. The maximum atomic E-state index is 12.3. The van der Waals surface area contributed by atoms with Gasteiger partial charge in [-0.2, -0.15) is 5.10 Å². The lowest BCUT2D eigenvalue weighted by Gasteiger charge is -2.03. The van der Waals surface area contributed by atoms with Gasteiger partial charge < -0.3 is 13.9 Å². The van der Waals surface area contributed by atoms with Gasteiger partial charge in [0.05, 0.1) is 29.1 Å². The smallest absolute Gasteiger partial charge is 0.362 e. The number of rotatable bonds is 7. The molecule has 2 heterocycles. The first-order valence-corrected chi connectivity index (χ1v) is 9.55. The summed E-state index contributed by atoms with van der Waals surface area (Å²) < 4.78 is 18.0. The van der Waals surface area contributed by atoms with Gasteiger partial charge in [0.1, 0.15) is 0 Å². The second-order valence-corrected chi connectivity index (χ2v) is 6.52. The number of nitrogens with zero attached hydrogens (tertiary/aromatic N) is 4. The zero-order valence-corrected chi connectivity index (χ0v) is 16.7. The summed E-state index contributed by atoms with van der Waals surface area (Å²) in [7, 11) is 0. The molecule has 0 unspecified atom stereocenters. The standard InChI is InChI=1S/C21H17ClN4O4/c1-2-28-21(27)19-17(12-26(25-19)14-8-4-3-5-9-14)29-13-18-23-24-20(30-18)15-10-6-7-11-16(15)22/h3-12H,2,13H2,1H3. The number of ether oxygens (including phenoxy) is 2. The zero-order valence-electron chi connectivity index (χ0n) is 16.0. The van der Waals surface area contributed by atoms with Crippen molar-refractivity contribution in [2.24, 2.45) is 0 Å². The van der Waals surface area contributed by atoms with Crippen LogP contribution in [0.3, 0.4) is 0 Å². The first kappa shape index (κ1) is 19.7. The molecule has 4 aromatic rings. The number of para-hydroxylation sites is 1. The third kappa shape index (κ3) is 4.18. The quantitative estimate of drug-likeness (QED) is 0.407. The van der Waals surface area contributed by atoms with Crippen molar-refractivity contribution in [1.29, 1.82) is 0 Å². The maximum absolute atomic E-state index is 12.3. The van der Waals surface area contributed by atoms with Crippen molar-refractivity contribution in [1.82, 2.24) is 20.0 Å². The molecule has 2 aromatic carbocycles. The molecule has 152 valence electrons. The molecule has 0 spiro atoms. The van der Waals surface area contributed by atoms with Crippen molar-refractivity contribution < 1.29 is 18.7 Å². The van der Waals surface area contributed by atoms with Gasteiger partial charge in [-0.25, -0.2) is 9.48 Å². The van der Waals surface area contributed by atoms with Gasteiger partial charge in [0.2, 0.25) is 11.6 Å². The highest BCUT2D eigenvalue weighted by atomic mass is 35.5. The van der Waals surface area contributed by atoms with E-state index >= 15 is 0 Å². The fourth-order valence-electron chi connectivity index (χ4n) is 2.71. The molecule has 0 N–H and O–H groups in total. The number of carbonyl (C=O) groups excluding carboxylic acids is 1. The molecule has 0 saturated carbocycles. The van der Waals surface area contributed by atoms with Gasteiger partial charge in [-0.05, 0) is 31.2 Å². The lowest BCUT2D eigenvalue weighted by atomic mass is 10.2. The highest BCUT2D eigenvalue weighted by Crippen LogP contribution is 2.27. The van der Waals surface area contributed by atoms with Crippen molar-refractivity contribution in [2.75, 3.05) is 6.61 Å². The Bertz CT molecular complexity index is 1160. The lowest BCUT2D eigenvalue weighted by Crippen LogP contribution is -2.08. The van der Waals surface area contributed by atoms with Gasteiger partial charge in [0.25, 0.3) is 5.89 Å².